The maximum absolute atomic E-state index is 11.6. The summed E-state index contributed by atoms with van der Waals surface area (Å²) in [5, 5.41) is 2.89. The first kappa shape index (κ1) is 11.4. The van der Waals surface area contributed by atoms with Crippen molar-refractivity contribution in [3.63, 3.8) is 0 Å². The van der Waals surface area contributed by atoms with E-state index in [1.165, 1.54) is 0 Å². The van der Waals surface area contributed by atoms with Crippen LogP contribution in [0, 0.1) is 0 Å². The van der Waals surface area contributed by atoms with Gasteiger partial charge in [-0.05, 0) is 47.8 Å². The highest BCUT2D eigenvalue weighted by atomic mass is 79.9. The molecule has 1 aromatic rings. The summed E-state index contributed by atoms with van der Waals surface area (Å²) in [7, 11) is 0. The van der Waals surface area contributed by atoms with Crippen LogP contribution in [-0.2, 0) is 4.79 Å². The van der Waals surface area contributed by atoms with Gasteiger partial charge >= 0.3 is 0 Å². The average molecular weight is 285 g/mol. The summed E-state index contributed by atoms with van der Waals surface area (Å²) >= 11 is 3.24. The van der Waals surface area contributed by atoms with Gasteiger partial charge in [-0.1, -0.05) is 0 Å². The number of ether oxygens (including phenoxy) is 1. The molecule has 1 fully saturated rings. The summed E-state index contributed by atoms with van der Waals surface area (Å²) in [6.45, 7) is 1.74. The Kier molecular flexibility index (Phi) is 3.43. The molecular formula is C11H13BrN2O2. The van der Waals surface area contributed by atoms with Crippen LogP contribution in [0.3, 0.4) is 0 Å². The van der Waals surface area contributed by atoms with E-state index in [1.54, 1.807) is 25.3 Å². The number of hydrogen-bond acceptors (Lipinski definition) is 3. The number of rotatable bonds is 4. The van der Waals surface area contributed by atoms with E-state index < -0.39 is 6.10 Å². The number of aromatic nitrogens is 1. The van der Waals surface area contributed by atoms with Crippen LogP contribution in [0.2, 0.25) is 0 Å². The molecule has 1 saturated carbocycles. The Morgan fingerprint density at radius 2 is 2.38 bits per heavy atom. The maximum atomic E-state index is 11.6. The van der Waals surface area contributed by atoms with Crippen molar-refractivity contribution in [2.45, 2.75) is 31.9 Å². The highest BCUT2D eigenvalue weighted by Crippen LogP contribution is 2.19. The van der Waals surface area contributed by atoms with Crippen molar-refractivity contribution >= 4 is 21.8 Å². The highest BCUT2D eigenvalue weighted by molar-refractivity contribution is 9.10. The van der Waals surface area contributed by atoms with Gasteiger partial charge in [-0.25, -0.2) is 4.98 Å². The molecule has 0 aromatic carbocycles. The van der Waals surface area contributed by atoms with Gasteiger partial charge in [0.15, 0.2) is 6.10 Å². The summed E-state index contributed by atoms with van der Waals surface area (Å²) < 4.78 is 6.21. The lowest BCUT2D eigenvalue weighted by Gasteiger charge is -2.13. The molecule has 1 amide bonds. The fraction of sp³-hybridized carbons (Fsp3) is 0.455. The topological polar surface area (TPSA) is 51.2 Å². The lowest BCUT2D eigenvalue weighted by Crippen LogP contribution is -2.37. The second kappa shape index (κ2) is 4.82. The molecule has 1 N–H and O–H groups in total. The van der Waals surface area contributed by atoms with E-state index in [-0.39, 0.29) is 5.91 Å². The molecular weight excluding hydrogens is 272 g/mol. The minimum absolute atomic E-state index is 0.0644. The third kappa shape index (κ3) is 3.20. The van der Waals surface area contributed by atoms with Crippen LogP contribution in [0.5, 0.6) is 5.75 Å². The molecule has 5 heteroatoms. The number of carbonyl (C=O) groups is 1. The van der Waals surface area contributed by atoms with Crippen molar-refractivity contribution < 1.29 is 9.53 Å². The van der Waals surface area contributed by atoms with Gasteiger partial charge in [-0.3, -0.25) is 4.79 Å². The predicted octanol–water partition coefficient (Wildman–Crippen LogP) is 1.89. The fourth-order valence-corrected chi connectivity index (χ4v) is 1.47. The average Bonchev–Trinajstić information content (AvgIpc) is 3.05. The van der Waals surface area contributed by atoms with Gasteiger partial charge in [0, 0.05) is 6.04 Å². The van der Waals surface area contributed by atoms with Gasteiger partial charge in [-0.2, -0.15) is 0 Å². The van der Waals surface area contributed by atoms with E-state index in [1.807, 2.05) is 0 Å². The van der Waals surface area contributed by atoms with Crippen LogP contribution in [0.4, 0.5) is 0 Å². The number of nitrogens with zero attached hydrogens (tertiary/aromatic N) is 1. The van der Waals surface area contributed by atoms with Gasteiger partial charge in [0.1, 0.15) is 10.4 Å². The first-order chi connectivity index (χ1) is 7.65. The zero-order valence-corrected chi connectivity index (χ0v) is 10.5. The molecule has 1 aliphatic carbocycles. The Morgan fingerprint density at radius 3 is 2.94 bits per heavy atom. The SMILES string of the molecule is CC(Oc1ccc(Br)nc1)C(=O)NC1CC1. The zero-order chi connectivity index (χ0) is 11.5. The van der Waals surface area contributed by atoms with Crippen LogP contribution in [0.15, 0.2) is 22.9 Å². The standard InChI is InChI=1S/C11H13BrN2O2/c1-7(11(15)14-8-2-3-8)16-9-4-5-10(12)13-6-9/h4-8H,2-3H2,1H3,(H,14,15). The summed E-state index contributed by atoms with van der Waals surface area (Å²) in [6.07, 6.45) is 3.27. The van der Waals surface area contributed by atoms with Crippen molar-refractivity contribution in [2.24, 2.45) is 0 Å². The van der Waals surface area contributed by atoms with Crippen molar-refractivity contribution in [3.8, 4) is 5.75 Å². The Hall–Kier alpha value is -1.10. The first-order valence-electron chi connectivity index (χ1n) is 5.24. The Balaban J connectivity index is 1.87. The molecule has 16 heavy (non-hydrogen) atoms. The monoisotopic (exact) mass is 284 g/mol. The molecule has 0 spiro atoms. The van der Waals surface area contributed by atoms with Crippen LogP contribution in [0.1, 0.15) is 19.8 Å². The van der Waals surface area contributed by atoms with Gasteiger partial charge < -0.3 is 10.1 Å². The molecule has 0 aliphatic heterocycles. The third-order valence-corrected chi connectivity index (χ3v) is 2.78. The van der Waals surface area contributed by atoms with Crippen LogP contribution < -0.4 is 10.1 Å². The number of hydrogen-bond donors (Lipinski definition) is 1. The van der Waals surface area contributed by atoms with Crippen LogP contribution in [-0.4, -0.2) is 23.0 Å². The summed E-state index contributed by atoms with van der Waals surface area (Å²) in [5.41, 5.74) is 0. The van der Waals surface area contributed by atoms with Crippen molar-refractivity contribution in [1.29, 1.82) is 0 Å². The molecule has 0 bridgehead atoms. The van der Waals surface area contributed by atoms with Gasteiger partial charge in [-0.15, -0.1) is 0 Å². The molecule has 1 aliphatic rings. The van der Waals surface area contributed by atoms with E-state index in [4.69, 9.17) is 4.74 Å². The predicted molar refractivity (Wildman–Crippen MR) is 63.2 cm³/mol. The van der Waals surface area contributed by atoms with E-state index in [0.717, 1.165) is 17.4 Å². The number of amides is 1. The highest BCUT2D eigenvalue weighted by Gasteiger charge is 2.26. The molecule has 86 valence electrons. The number of nitrogens with one attached hydrogen (secondary N) is 1. The molecule has 1 atom stereocenters. The van der Waals surface area contributed by atoms with E-state index in [2.05, 4.69) is 26.2 Å². The molecule has 0 saturated heterocycles. The smallest absolute Gasteiger partial charge is 0.260 e. The van der Waals surface area contributed by atoms with Crippen molar-refractivity contribution in [2.75, 3.05) is 0 Å². The van der Waals surface area contributed by atoms with Crippen LogP contribution >= 0.6 is 15.9 Å². The first-order valence-corrected chi connectivity index (χ1v) is 6.03. The Labute approximate surface area is 103 Å². The third-order valence-electron chi connectivity index (χ3n) is 2.31. The van der Waals surface area contributed by atoms with E-state index in [9.17, 15) is 4.79 Å². The molecule has 4 nitrogen and oxygen atoms in total. The lowest BCUT2D eigenvalue weighted by atomic mass is 10.3. The molecule has 0 radical (unpaired) electrons. The molecule has 1 aromatic heterocycles. The number of pyridine rings is 1. The van der Waals surface area contributed by atoms with Gasteiger partial charge in [0.25, 0.3) is 5.91 Å². The number of halogens is 1. The second-order valence-electron chi connectivity index (χ2n) is 3.86. The second-order valence-corrected chi connectivity index (χ2v) is 4.67. The maximum Gasteiger partial charge on any atom is 0.260 e. The Morgan fingerprint density at radius 1 is 1.62 bits per heavy atom. The van der Waals surface area contributed by atoms with Gasteiger partial charge in [0.2, 0.25) is 0 Å². The quantitative estimate of drug-likeness (QED) is 0.859. The molecule has 2 rings (SSSR count). The number of carbonyl (C=O) groups excluding carboxylic acids is 1. The zero-order valence-electron chi connectivity index (χ0n) is 8.94. The van der Waals surface area contributed by atoms with Crippen molar-refractivity contribution in [3.05, 3.63) is 22.9 Å². The minimum atomic E-state index is -0.483. The lowest BCUT2D eigenvalue weighted by molar-refractivity contribution is -0.127. The van der Waals surface area contributed by atoms with Crippen molar-refractivity contribution in [1.82, 2.24) is 10.3 Å². The fourth-order valence-electron chi connectivity index (χ4n) is 1.24. The summed E-state index contributed by atoms with van der Waals surface area (Å²) in [5.74, 6) is 0.534. The normalized spacial score (nSPS) is 16.6. The van der Waals surface area contributed by atoms with E-state index in [0.29, 0.717) is 11.8 Å². The molecule has 1 heterocycles. The van der Waals surface area contributed by atoms with Crippen LogP contribution in [0.25, 0.3) is 0 Å². The minimum Gasteiger partial charge on any atom is -0.479 e. The van der Waals surface area contributed by atoms with E-state index >= 15 is 0 Å². The molecule has 1 unspecified atom stereocenters. The summed E-state index contributed by atoms with van der Waals surface area (Å²) in [6, 6.07) is 3.92. The summed E-state index contributed by atoms with van der Waals surface area (Å²) in [4.78, 5) is 15.6. The van der Waals surface area contributed by atoms with Gasteiger partial charge in [0.05, 0.1) is 6.20 Å². The Bertz CT molecular complexity index is 376. The largest absolute Gasteiger partial charge is 0.479 e.